The molecule has 4 saturated carbocycles. The molecule has 0 spiro atoms. The first-order valence-electron chi connectivity index (χ1n) is 15.7. The van der Waals surface area contributed by atoms with Gasteiger partial charge in [-0.05, 0) is 116 Å². The third-order valence-electron chi connectivity index (χ3n) is 12.5. The summed E-state index contributed by atoms with van der Waals surface area (Å²) in [7, 11) is 0. The fraction of sp³-hybridized carbons (Fsp3) is 0.800. The van der Waals surface area contributed by atoms with Crippen LogP contribution in [0.2, 0.25) is 0 Å². The van der Waals surface area contributed by atoms with E-state index in [1.54, 1.807) is 0 Å². The fourth-order valence-electron chi connectivity index (χ4n) is 10.7. The molecule has 1 heteroatoms. The van der Waals surface area contributed by atoms with Crippen LogP contribution in [0.3, 0.4) is 0 Å². The molecule has 9 atom stereocenters. The van der Waals surface area contributed by atoms with Crippen molar-refractivity contribution in [3.8, 4) is 0 Å². The number of rotatable bonds is 7. The standard InChI is InChI=1S/C35H54O/c1-23(2)9-7-11-25(4)29-15-16-30-27-13-14-31-28(22-26-12-8-10-24(3)21-26)33(36)18-20-35(31,6)32(27)17-19-34(29,30)5/h8,10,12,21,23,25,27-32H,7,9,11,13-20,22H2,1-6H3/t25-,27+,28+,29-,30+,31+,32+,34-,35+/m1/s1. The molecule has 0 saturated heterocycles. The highest BCUT2D eigenvalue weighted by molar-refractivity contribution is 5.82. The molecule has 0 N–H and O–H groups in total. The molecule has 4 fully saturated rings. The van der Waals surface area contributed by atoms with Crippen LogP contribution < -0.4 is 0 Å². The molecule has 0 bridgehead atoms. The van der Waals surface area contributed by atoms with Gasteiger partial charge in [0.2, 0.25) is 0 Å². The molecule has 0 unspecified atom stereocenters. The van der Waals surface area contributed by atoms with Crippen molar-refractivity contribution in [2.45, 2.75) is 119 Å². The number of hydrogen-bond donors (Lipinski definition) is 0. The van der Waals surface area contributed by atoms with Crippen LogP contribution in [0.1, 0.15) is 116 Å². The Morgan fingerprint density at radius 2 is 1.64 bits per heavy atom. The Hall–Kier alpha value is -1.11. The van der Waals surface area contributed by atoms with Crippen LogP contribution in [-0.4, -0.2) is 5.78 Å². The fourth-order valence-corrected chi connectivity index (χ4v) is 10.7. The van der Waals surface area contributed by atoms with Crippen molar-refractivity contribution in [1.29, 1.82) is 0 Å². The van der Waals surface area contributed by atoms with Crippen LogP contribution in [0.5, 0.6) is 0 Å². The van der Waals surface area contributed by atoms with Crippen LogP contribution in [0, 0.1) is 65.1 Å². The van der Waals surface area contributed by atoms with E-state index in [1.165, 1.54) is 68.9 Å². The van der Waals surface area contributed by atoms with Crippen molar-refractivity contribution in [2.24, 2.45) is 58.2 Å². The largest absolute Gasteiger partial charge is 0.299 e. The molecule has 0 amide bonds. The summed E-state index contributed by atoms with van der Waals surface area (Å²) in [5, 5.41) is 0. The van der Waals surface area contributed by atoms with Gasteiger partial charge in [0.15, 0.2) is 0 Å². The number of aryl methyl sites for hydroxylation is 1. The zero-order valence-electron chi connectivity index (χ0n) is 24.3. The number of Topliss-reactive ketones (excluding diaryl/α,β-unsaturated/α-hetero) is 1. The van der Waals surface area contributed by atoms with E-state index >= 15 is 0 Å². The first-order valence-corrected chi connectivity index (χ1v) is 15.7. The Morgan fingerprint density at radius 3 is 2.39 bits per heavy atom. The molecule has 36 heavy (non-hydrogen) atoms. The molecule has 5 rings (SSSR count). The molecule has 4 aliphatic carbocycles. The molecular weight excluding hydrogens is 436 g/mol. The maximum atomic E-state index is 13.3. The monoisotopic (exact) mass is 490 g/mol. The number of benzene rings is 1. The molecule has 0 aliphatic heterocycles. The van der Waals surface area contributed by atoms with Gasteiger partial charge in [-0.1, -0.05) is 83.7 Å². The molecular formula is C35H54O. The smallest absolute Gasteiger partial charge is 0.136 e. The molecule has 0 aromatic heterocycles. The van der Waals surface area contributed by atoms with E-state index in [4.69, 9.17) is 0 Å². The zero-order valence-corrected chi connectivity index (χ0v) is 24.3. The van der Waals surface area contributed by atoms with Gasteiger partial charge in [-0.3, -0.25) is 4.79 Å². The minimum atomic E-state index is 0.247. The molecule has 1 aromatic carbocycles. The zero-order chi connectivity index (χ0) is 25.7. The maximum Gasteiger partial charge on any atom is 0.136 e. The Balaban J connectivity index is 1.32. The van der Waals surface area contributed by atoms with Gasteiger partial charge in [0.25, 0.3) is 0 Å². The van der Waals surface area contributed by atoms with E-state index in [0.29, 0.717) is 22.5 Å². The molecule has 1 nitrogen and oxygen atoms in total. The Kier molecular flexibility index (Phi) is 7.52. The van der Waals surface area contributed by atoms with E-state index in [-0.39, 0.29) is 5.92 Å². The first-order chi connectivity index (χ1) is 17.1. The van der Waals surface area contributed by atoms with Gasteiger partial charge in [-0.25, -0.2) is 0 Å². The molecule has 4 aliphatic rings. The van der Waals surface area contributed by atoms with E-state index in [2.05, 4.69) is 65.8 Å². The Morgan fingerprint density at radius 1 is 0.889 bits per heavy atom. The van der Waals surface area contributed by atoms with Crippen molar-refractivity contribution in [3.05, 3.63) is 35.4 Å². The summed E-state index contributed by atoms with van der Waals surface area (Å²) >= 11 is 0. The molecule has 0 radical (unpaired) electrons. The number of ketones is 1. The van der Waals surface area contributed by atoms with Gasteiger partial charge in [0.1, 0.15) is 5.78 Å². The minimum Gasteiger partial charge on any atom is -0.299 e. The summed E-state index contributed by atoms with van der Waals surface area (Å²) < 4.78 is 0. The SMILES string of the molecule is Cc1cccc(C[C@@H]2C(=O)CC[C@]3(C)[C@H]4CC[C@]5(C)[C@@H]([C@H](C)CCCC(C)C)CC[C@H]5[C@@H]4CC[C@@H]23)c1. The number of carbonyl (C=O) groups is 1. The summed E-state index contributed by atoms with van der Waals surface area (Å²) in [6.07, 6.45) is 15.7. The minimum absolute atomic E-state index is 0.247. The normalized spacial score (nSPS) is 41.0. The average molecular weight is 491 g/mol. The van der Waals surface area contributed by atoms with Gasteiger partial charge in [0, 0.05) is 12.3 Å². The summed E-state index contributed by atoms with van der Waals surface area (Å²) in [5.41, 5.74) is 3.63. The number of carbonyl (C=O) groups excluding carboxylic acids is 1. The second-order valence-electron chi connectivity index (χ2n) is 14.9. The van der Waals surface area contributed by atoms with Gasteiger partial charge >= 0.3 is 0 Å². The van der Waals surface area contributed by atoms with E-state index in [1.807, 2.05) is 0 Å². The second-order valence-corrected chi connectivity index (χ2v) is 14.9. The molecule has 1 aromatic rings. The van der Waals surface area contributed by atoms with Gasteiger partial charge in [-0.2, -0.15) is 0 Å². The molecule has 0 heterocycles. The highest BCUT2D eigenvalue weighted by Crippen LogP contribution is 2.68. The van der Waals surface area contributed by atoms with Crippen LogP contribution >= 0.6 is 0 Å². The summed E-state index contributed by atoms with van der Waals surface area (Å²) in [5.74, 6) is 6.75. The lowest BCUT2D eigenvalue weighted by atomic mass is 9.43. The topological polar surface area (TPSA) is 17.1 Å². The Bertz CT molecular complexity index is 930. The van der Waals surface area contributed by atoms with Crippen LogP contribution in [0.25, 0.3) is 0 Å². The summed E-state index contributed by atoms with van der Waals surface area (Å²) in [6.45, 7) is 14.9. The van der Waals surface area contributed by atoms with Crippen molar-refractivity contribution in [3.63, 3.8) is 0 Å². The van der Waals surface area contributed by atoms with Gasteiger partial charge in [0.05, 0.1) is 0 Å². The van der Waals surface area contributed by atoms with E-state index < -0.39 is 0 Å². The van der Waals surface area contributed by atoms with Gasteiger partial charge in [-0.15, -0.1) is 0 Å². The average Bonchev–Trinajstić information content (AvgIpc) is 3.18. The third-order valence-corrected chi connectivity index (χ3v) is 12.5. The number of hydrogen-bond acceptors (Lipinski definition) is 1. The van der Waals surface area contributed by atoms with Crippen LogP contribution in [0.15, 0.2) is 24.3 Å². The second kappa shape index (κ2) is 10.2. The third kappa shape index (κ3) is 4.64. The highest BCUT2D eigenvalue weighted by Gasteiger charge is 2.61. The van der Waals surface area contributed by atoms with Crippen LogP contribution in [0.4, 0.5) is 0 Å². The lowest BCUT2D eigenvalue weighted by Crippen LogP contribution is -2.56. The van der Waals surface area contributed by atoms with E-state index in [0.717, 1.165) is 54.8 Å². The van der Waals surface area contributed by atoms with Crippen molar-refractivity contribution in [1.82, 2.24) is 0 Å². The summed E-state index contributed by atoms with van der Waals surface area (Å²) in [4.78, 5) is 13.3. The van der Waals surface area contributed by atoms with Crippen molar-refractivity contribution in [2.75, 3.05) is 0 Å². The van der Waals surface area contributed by atoms with E-state index in [9.17, 15) is 4.79 Å². The van der Waals surface area contributed by atoms with Crippen molar-refractivity contribution < 1.29 is 4.79 Å². The maximum absolute atomic E-state index is 13.3. The predicted octanol–water partition coefficient (Wildman–Crippen LogP) is 9.45. The first kappa shape index (κ1) is 26.5. The Labute approximate surface area is 222 Å². The lowest BCUT2D eigenvalue weighted by molar-refractivity contribution is -0.152. The molecule has 200 valence electrons. The lowest BCUT2D eigenvalue weighted by Gasteiger charge is -2.62. The number of fused-ring (bicyclic) bond motifs is 5. The van der Waals surface area contributed by atoms with Gasteiger partial charge < -0.3 is 0 Å². The predicted molar refractivity (Wildman–Crippen MR) is 152 cm³/mol. The summed E-state index contributed by atoms with van der Waals surface area (Å²) in [6, 6.07) is 8.93. The quantitative estimate of drug-likeness (QED) is 0.372. The van der Waals surface area contributed by atoms with Crippen LogP contribution in [-0.2, 0) is 11.2 Å². The highest BCUT2D eigenvalue weighted by atomic mass is 16.1. The van der Waals surface area contributed by atoms with Crippen molar-refractivity contribution >= 4 is 5.78 Å².